The van der Waals surface area contributed by atoms with E-state index in [9.17, 15) is 9.59 Å². The quantitative estimate of drug-likeness (QED) is 0.431. The first-order valence-electron chi connectivity index (χ1n) is 2.16. The van der Waals surface area contributed by atoms with Crippen molar-refractivity contribution in [2.75, 3.05) is 0 Å². The van der Waals surface area contributed by atoms with E-state index in [0.717, 1.165) is 0 Å². The van der Waals surface area contributed by atoms with Gasteiger partial charge in [-0.1, -0.05) is 0 Å². The van der Waals surface area contributed by atoms with E-state index in [1.54, 1.807) is 0 Å². The Morgan fingerprint density at radius 1 is 1.27 bits per heavy atom. The number of hydrogen-bond acceptors (Lipinski definition) is 3. The fraction of sp³-hybridized carbons (Fsp3) is 0.500. The van der Waals surface area contributed by atoms with Crippen LogP contribution in [0, 0.1) is 0 Å². The SMILES string of the molecule is O=C(O)CC(S)C(=O)O.[K].[K]. The van der Waals surface area contributed by atoms with Gasteiger partial charge in [-0.3, -0.25) is 9.59 Å². The molecule has 0 aliphatic heterocycles. The molecule has 0 aromatic heterocycles. The number of aliphatic carboxylic acids is 2. The van der Waals surface area contributed by atoms with Crippen molar-refractivity contribution in [1.29, 1.82) is 0 Å². The predicted molar refractivity (Wildman–Crippen MR) is 44.2 cm³/mol. The Bertz CT molecular complexity index is 140. The molecule has 0 saturated heterocycles. The van der Waals surface area contributed by atoms with Crippen molar-refractivity contribution in [3.63, 3.8) is 0 Å². The predicted octanol–water partition coefficient (Wildman–Crippen LogP) is -0.917. The summed E-state index contributed by atoms with van der Waals surface area (Å²) in [5.74, 6) is -2.36. The fourth-order valence-corrected chi connectivity index (χ4v) is 0.409. The minimum atomic E-state index is -1.21. The summed E-state index contributed by atoms with van der Waals surface area (Å²) in [4.78, 5) is 19.7. The standard InChI is InChI=1S/C4H6O4S.2K/c5-3(6)1-2(9)4(7)8;;/h2,9H,1H2,(H,5,6)(H,7,8);;. The largest absolute Gasteiger partial charge is 0.481 e. The van der Waals surface area contributed by atoms with Gasteiger partial charge in [0.05, 0.1) is 6.42 Å². The molecule has 0 bridgehead atoms. The molecule has 2 radical (unpaired) electrons. The average molecular weight is 228 g/mol. The monoisotopic (exact) mass is 228 g/mol. The van der Waals surface area contributed by atoms with Crippen LogP contribution in [0.25, 0.3) is 0 Å². The molecule has 2 N–H and O–H groups in total. The molecule has 0 aromatic carbocycles. The van der Waals surface area contributed by atoms with Gasteiger partial charge in [-0.25, -0.2) is 0 Å². The van der Waals surface area contributed by atoms with Gasteiger partial charge in [0.25, 0.3) is 0 Å². The zero-order valence-electron chi connectivity index (χ0n) is 6.44. The Balaban J connectivity index is -0.000000320. The van der Waals surface area contributed by atoms with E-state index in [0.29, 0.717) is 0 Å². The first-order valence-corrected chi connectivity index (χ1v) is 2.68. The third-order valence-corrected chi connectivity index (χ3v) is 1.06. The van der Waals surface area contributed by atoms with E-state index in [4.69, 9.17) is 10.2 Å². The number of thiol groups is 1. The van der Waals surface area contributed by atoms with Crippen LogP contribution < -0.4 is 0 Å². The molecule has 0 aliphatic rings. The summed E-state index contributed by atoms with van der Waals surface area (Å²) in [7, 11) is 0. The van der Waals surface area contributed by atoms with Crippen LogP contribution >= 0.6 is 12.6 Å². The third-order valence-electron chi connectivity index (χ3n) is 0.653. The summed E-state index contributed by atoms with van der Waals surface area (Å²) in [6.07, 6.45) is -0.446. The van der Waals surface area contributed by atoms with Crippen molar-refractivity contribution in [3.8, 4) is 0 Å². The number of carbonyl (C=O) groups is 2. The maximum atomic E-state index is 9.90. The van der Waals surface area contributed by atoms with Crippen molar-refractivity contribution in [2.24, 2.45) is 0 Å². The Morgan fingerprint density at radius 3 is 1.73 bits per heavy atom. The third kappa shape index (κ3) is 12.6. The van der Waals surface area contributed by atoms with Crippen molar-refractivity contribution in [2.45, 2.75) is 11.7 Å². The van der Waals surface area contributed by atoms with E-state index in [1.807, 2.05) is 0 Å². The van der Waals surface area contributed by atoms with Gasteiger partial charge in [0.2, 0.25) is 0 Å². The van der Waals surface area contributed by atoms with Crippen LogP contribution in [0.15, 0.2) is 0 Å². The van der Waals surface area contributed by atoms with Crippen LogP contribution in [0.4, 0.5) is 0 Å². The van der Waals surface area contributed by atoms with Gasteiger partial charge in [0.1, 0.15) is 5.25 Å². The van der Waals surface area contributed by atoms with Gasteiger partial charge in [0, 0.05) is 103 Å². The number of carboxylic acids is 2. The molecule has 4 nitrogen and oxygen atoms in total. The van der Waals surface area contributed by atoms with Crippen molar-refractivity contribution >= 4 is 127 Å². The van der Waals surface area contributed by atoms with E-state index in [1.165, 1.54) is 0 Å². The molecule has 54 valence electrons. The number of carboxylic acid groups (broad SMARTS) is 2. The summed E-state index contributed by atoms with van der Waals surface area (Å²) < 4.78 is 0. The van der Waals surface area contributed by atoms with Gasteiger partial charge in [0.15, 0.2) is 0 Å². The van der Waals surface area contributed by atoms with Gasteiger partial charge in [-0.15, -0.1) is 0 Å². The topological polar surface area (TPSA) is 74.6 Å². The first kappa shape index (κ1) is 19.2. The summed E-state index contributed by atoms with van der Waals surface area (Å²) in [6, 6.07) is 0. The normalized spacial score (nSPS) is 10.3. The maximum absolute atomic E-state index is 9.90. The average Bonchev–Trinajstić information content (AvgIpc) is 1.63. The Morgan fingerprint density at radius 2 is 1.64 bits per heavy atom. The molecular formula is C4H6K2O4S. The molecule has 1 unspecified atom stereocenters. The van der Waals surface area contributed by atoms with E-state index < -0.39 is 23.6 Å². The Kier molecular flexibility index (Phi) is 18.6. The molecule has 0 spiro atoms. The molecule has 11 heavy (non-hydrogen) atoms. The molecule has 1 atom stereocenters. The van der Waals surface area contributed by atoms with Gasteiger partial charge in [-0.05, 0) is 0 Å². The molecule has 0 heterocycles. The maximum Gasteiger partial charge on any atom is 0.316 e. The zero-order chi connectivity index (χ0) is 7.44. The summed E-state index contributed by atoms with van der Waals surface area (Å²) in [5, 5.41) is 15.0. The van der Waals surface area contributed by atoms with Crippen molar-refractivity contribution < 1.29 is 19.8 Å². The molecule has 0 saturated carbocycles. The fourth-order valence-electron chi connectivity index (χ4n) is 0.253. The number of hydrogen-bond donors (Lipinski definition) is 3. The van der Waals surface area contributed by atoms with Crippen LogP contribution in [0.5, 0.6) is 0 Å². The van der Waals surface area contributed by atoms with Crippen molar-refractivity contribution in [3.05, 3.63) is 0 Å². The number of rotatable bonds is 3. The summed E-state index contributed by atoms with van der Waals surface area (Å²) >= 11 is 3.48. The van der Waals surface area contributed by atoms with Gasteiger partial charge >= 0.3 is 11.9 Å². The molecule has 0 amide bonds. The molecule has 7 heteroatoms. The Labute approximate surface area is 155 Å². The molecule has 0 rings (SSSR count). The van der Waals surface area contributed by atoms with Crippen molar-refractivity contribution in [1.82, 2.24) is 0 Å². The van der Waals surface area contributed by atoms with E-state index in [2.05, 4.69) is 12.6 Å². The molecule has 0 aromatic rings. The second-order valence-electron chi connectivity index (χ2n) is 1.45. The second kappa shape index (κ2) is 10.6. The minimum absolute atomic E-state index is 0. The van der Waals surface area contributed by atoms with E-state index in [-0.39, 0.29) is 103 Å². The molecule has 0 aliphatic carbocycles. The molecular weight excluding hydrogens is 222 g/mol. The van der Waals surface area contributed by atoms with Crippen LogP contribution in [0.1, 0.15) is 6.42 Å². The van der Waals surface area contributed by atoms with Crippen LogP contribution in [0.2, 0.25) is 0 Å². The van der Waals surface area contributed by atoms with Crippen LogP contribution in [-0.4, -0.2) is 130 Å². The summed E-state index contributed by atoms with van der Waals surface area (Å²) in [5.41, 5.74) is 0. The minimum Gasteiger partial charge on any atom is -0.481 e. The first-order chi connectivity index (χ1) is 4.04. The second-order valence-corrected chi connectivity index (χ2v) is 2.08. The van der Waals surface area contributed by atoms with E-state index >= 15 is 0 Å². The Hall–Kier alpha value is 2.56. The van der Waals surface area contributed by atoms with Crippen LogP contribution in [0.3, 0.4) is 0 Å². The summed E-state index contributed by atoms with van der Waals surface area (Å²) in [6.45, 7) is 0. The molecule has 0 fully saturated rings. The van der Waals surface area contributed by atoms with Crippen LogP contribution in [-0.2, 0) is 9.59 Å². The zero-order valence-corrected chi connectivity index (χ0v) is 13.6. The van der Waals surface area contributed by atoms with Gasteiger partial charge in [-0.2, -0.15) is 12.6 Å². The van der Waals surface area contributed by atoms with Gasteiger partial charge < -0.3 is 10.2 Å². The smallest absolute Gasteiger partial charge is 0.316 e.